The Morgan fingerprint density at radius 3 is 2.56 bits per heavy atom. The van der Waals surface area contributed by atoms with Crippen molar-refractivity contribution in [2.75, 3.05) is 0 Å². The van der Waals surface area contributed by atoms with Crippen LogP contribution in [0.3, 0.4) is 0 Å². The van der Waals surface area contributed by atoms with Crippen LogP contribution in [0.2, 0.25) is 0 Å². The van der Waals surface area contributed by atoms with Gasteiger partial charge in [-0.25, -0.2) is 9.37 Å². The second kappa shape index (κ2) is 6.09. The Bertz CT molecular complexity index is 473. The molecule has 0 aliphatic heterocycles. The number of halogens is 1. The van der Waals surface area contributed by atoms with Gasteiger partial charge < -0.3 is 9.84 Å². The highest BCUT2D eigenvalue weighted by atomic mass is 19.1. The summed E-state index contributed by atoms with van der Waals surface area (Å²) in [6.07, 6.45) is 1.68. The Morgan fingerprint density at radius 2 is 2.06 bits per heavy atom. The standard InChI is InChI=1S/C12H14FNO4/c1-3-7-6-14-12(11(13)8(7)4-2)18-10(17)5-9(15)16/h6H,3-5H2,1-2H3,(H,15,16). The molecule has 98 valence electrons. The monoisotopic (exact) mass is 255 g/mol. The molecule has 0 saturated heterocycles. The first kappa shape index (κ1) is 14.1. The van der Waals surface area contributed by atoms with E-state index in [0.29, 0.717) is 18.4 Å². The van der Waals surface area contributed by atoms with Crippen LogP contribution in [0.4, 0.5) is 4.39 Å². The zero-order chi connectivity index (χ0) is 13.7. The van der Waals surface area contributed by atoms with Crippen LogP contribution in [-0.4, -0.2) is 22.0 Å². The highest BCUT2D eigenvalue weighted by Crippen LogP contribution is 2.22. The summed E-state index contributed by atoms with van der Waals surface area (Å²) in [5.74, 6) is -3.53. The molecule has 1 aromatic heterocycles. The maximum atomic E-state index is 13.9. The zero-order valence-electron chi connectivity index (χ0n) is 10.2. The normalized spacial score (nSPS) is 10.2. The van der Waals surface area contributed by atoms with Crippen molar-refractivity contribution in [3.63, 3.8) is 0 Å². The Kier molecular flexibility index (Phi) is 4.76. The molecule has 0 spiro atoms. The summed E-state index contributed by atoms with van der Waals surface area (Å²) in [5, 5.41) is 8.40. The number of hydrogen-bond donors (Lipinski definition) is 1. The third kappa shape index (κ3) is 3.26. The summed E-state index contributed by atoms with van der Waals surface area (Å²) in [6.45, 7) is 3.64. The molecular formula is C12H14FNO4. The van der Waals surface area contributed by atoms with E-state index >= 15 is 0 Å². The summed E-state index contributed by atoms with van der Waals surface area (Å²) < 4.78 is 18.5. The molecule has 1 N–H and O–H groups in total. The summed E-state index contributed by atoms with van der Waals surface area (Å²) >= 11 is 0. The molecule has 1 aromatic rings. The van der Waals surface area contributed by atoms with Gasteiger partial charge in [0.25, 0.3) is 5.88 Å². The van der Waals surface area contributed by atoms with Crippen molar-refractivity contribution in [3.05, 3.63) is 23.1 Å². The molecule has 5 nitrogen and oxygen atoms in total. The van der Waals surface area contributed by atoms with E-state index in [1.54, 1.807) is 6.92 Å². The van der Waals surface area contributed by atoms with Gasteiger partial charge in [0.1, 0.15) is 6.42 Å². The molecule has 0 bridgehead atoms. The Hall–Kier alpha value is -1.98. The fourth-order valence-electron chi connectivity index (χ4n) is 1.57. The van der Waals surface area contributed by atoms with E-state index in [0.717, 1.165) is 5.56 Å². The van der Waals surface area contributed by atoms with Gasteiger partial charge in [-0.3, -0.25) is 9.59 Å². The number of carboxylic acid groups (broad SMARTS) is 1. The minimum absolute atomic E-state index is 0.436. The lowest BCUT2D eigenvalue weighted by molar-refractivity contribution is -0.146. The summed E-state index contributed by atoms with van der Waals surface area (Å²) in [5.41, 5.74) is 1.18. The Morgan fingerprint density at radius 1 is 1.39 bits per heavy atom. The molecule has 0 aliphatic rings. The molecule has 0 saturated carbocycles. The van der Waals surface area contributed by atoms with Crippen molar-refractivity contribution in [2.45, 2.75) is 33.1 Å². The molecule has 18 heavy (non-hydrogen) atoms. The number of ether oxygens (including phenoxy) is 1. The number of hydrogen-bond acceptors (Lipinski definition) is 4. The van der Waals surface area contributed by atoms with Crippen molar-refractivity contribution >= 4 is 11.9 Å². The van der Waals surface area contributed by atoms with Crippen LogP contribution in [-0.2, 0) is 22.4 Å². The second-order valence-electron chi connectivity index (χ2n) is 3.63. The number of nitrogens with zero attached hydrogens (tertiary/aromatic N) is 1. The van der Waals surface area contributed by atoms with Crippen LogP contribution in [0, 0.1) is 5.82 Å². The third-order valence-electron chi connectivity index (χ3n) is 2.42. The van der Waals surface area contributed by atoms with E-state index in [1.807, 2.05) is 6.92 Å². The van der Waals surface area contributed by atoms with Crippen molar-refractivity contribution in [1.29, 1.82) is 0 Å². The number of aryl methyl sites for hydroxylation is 1. The van der Waals surface area contributed by atoms with Crippen LogP contribution >= 0.6 is 0 Å². The topological polar surface area (TPSA) is 76.5 Å². The first-order valence-corrected chi connectivity index (χ1v) is 5.58. The van der Waals surface area contributed by atoms with Crippen LogP contribution in [0.25, 0.3) is 0 Å². The maximum absolute atomic E-state index is 13.9. The van der Waals surface area contributed by atoms with Crippen LogP contribution in [0.1, 0.15) is 31.4 Å². The fourth-order valence-corrected chi connectivity index (χ4v) is 1.57. The van der Waals surface area contributed by atoms with E-state index in [-0.39, 0.29) is 0 Å². The first-order chi connectivity index (χ1) is 8.49. The van der Waals surface area contributed by atoms with Crippen molar-refractivity contribution in [2.24, 2.45) is 0 Å². The van der Waals surface area contributed by atoms with E-state index in [9.17, 15) is 14.0 Å². The second-order valence-corrected chi connectivity index (χ2v) is 3.63. The van der Waals surface area contributed by atoms with Crippen molar-refractivity contribution < 1.29 is 23.8 Å². The van der Waals surface area contributed by atoms with Gasteiger partial charge in [0.05, 0.1) is 0 Å². The maximum Gasteiger partial charge on any atom is 0.323 e. The first-order valence-electron chi connectivity index (χ1n) is 5.58. The number of aromatic nitrogens is 1. The minimum Gasteiger partial charge on any atom is -0.481 e. The average molecular weight is 255 g/mol. The van der Waals surface area contributed by atoms with E-state index in [2.05, 4.69) is 9.72 Å². The highest BCUT2D eigenvalue weighted by molar-refractivity contribution is 5.91. The molecular weight excluding hydrogens is 241 g/mol. The van der Waals surface area contributed by atoms with Crippen molar-refractivity contribution in [1.82, 2.24) is 4.98 Å². The SMILES string of the molecule is CCc1cnc(OC(=O)CC(=O)O)c(F)c1CC. The molecule has 1 rings (SSSR count). The average Bonchev–Trinajstić information content (AvgIpc) is 2.30. The fraction of sp³-hybridized carbons (Fsp3) is 0.417. The molecule has 0 fully saturated rings. The van der Waals surface area contributed by atoms with Gasteiger partial charge in [-0.15, -0.1) is 0 Å². The molecule has 0 atom stereocenters. The number of carbonyl (C=O) groups excluding carboxylic acids is 1. The molecule has 0 radical (unpaired) electrons. The van der Waals surface area contributed by atoms with Crippen LogP contribution < -0.4 is 4.74 Å². The molecule has 0 aromatic carbocycles. The molecule has 0 aliphatic carbocycles. The van der Waals surface area contributed by atoms with Gasteiger partial charge in [0, 0.05) is 6.20 Å². The third-order valence-corrected chi connectivity index (χ3v) is 2.42. The number of carbonyl (C=O) groups is 2. The van der Waals surface area contributed by atoms with E-state index < -0.39 is 30.1 Å². The van der Waals surface area contributed by atoms with E-state index in [1.165, 1.54) is 6.20 Å². The zero-order valence-corrected chi connectivity index (χ0v) is 10.2. The van der Waals surface area contributed by atoms with Gasteiger partial charge in [-0.1, -0.05) is 13.8 Å². The molecule has 1 heterocycles. The molecule has 6 heteroatoms. The van der Waals surface area contributed by atoms with Gasteiger partial charge in [-0.2, -0.15) is 0 Å². The smallest absolute Gasteiger partial charge is 0.323 e. The highest BCUT2D eigenvalue weighted by Gasteiger charge is 2.18. The van der Waals surface area contributed by atoms with Gasteiger partial charge in [0.15, 0.2) is 5.82 Å². The Balaban J connectivity index is 2.97. The molecule has 0 unspecified atom stereocenters. The predicted octanol–water partition coefficient (Wildman–Crippen LogP) is 1.73. The van der Waals surface area contributed by atoms with Gasteiger partial charge >= 0.3 is 11.9 Å². The Labute approximate surface area is 104 Å². The lowest BCUT2D eigenvalue weighted by atomic mass is 10.1. The number of aliphatic carboxylic acids is 1. The number of carboxylic acids is 1. The molecule has 0 amide bonds. The van der Waals surface area contributed by atoms with Gasteiger partial charge in [0.2, 0.25) is 0 Å². The van der Waals surface area contributed by atoms with Crippen LogP contribution in [0.5, 0.6) is 5.88 Å². The lowest BCUT2D eigenvalue weighted by Gasteiger charge is -2.10. The van der Waals surface area contributed by atoms with Crippen LogP contribution in [0.15, 0.2) is 6.20 Å². The number of rotatable bonds is 5. The lowest BCUT2D eigenvalue weighted by Crippen LogP contribution is -2.15. The quantitative estimate of drug-likeness (QED) is 0.640. The largest absolute Gasteiger partial charge is 0.481 e. The van der Waals surface area contributed by atoms with Crippen molar-refractivity contribution in [3.8, 4) is 5.88 Å². The summed E-state index contributed by atoms with van der Waals surface area (Å²) in [4.78, 5) is 25.1. The summed E-state index contributed by atoms with van der Waals surface area (Å²) in [6, 6.07) is 0. The predicted molar refractivity (Wildman–Crippen MR) is 60.8 cm³/mol. The summed E-state index contributed by atoms with van der Waals surface area (Å²) in [7, 11) is 0. The minimum atomic E-state index is -1.33. The number of pyridine rings is 1. The van der Waals surface area contributed by atoms with E-state index in [4.69, 9.17) is 5.11 Å². The van der Waals surface area contributed by atoms with Gasteiger partial charge in [-0.05, 0) is 24.0 Å². The number of esters is 1.